The van der Waals surface area contributed by atoms with Crippen molar-refractivity contribution in [2.24, 2.45) is 0 Å². The molecule has 102 valence electrons. The highest BCUT2D eigenvalue weighted by Crippen LogP contribution is 2.45. The van der Waals surface area contributed by atoms with Crippen molar-refractivity contribution in [1.29, 1.82) is 0 Å². The Bertz CT molecular complexity index is 727. The summed E-state index contributed by atoms with van der Waals surface area (Å²) in [6.07, 6.45) is 2.26. The van der Waals surface area contributed by atoms with E-state index >= 15 is 0 Å². The molecule has 1 aliphatic carbocycles. The molecule has 3 rings (SSSR count). The molecule has 0 saturated heterocycles. The van der Waals surface area contributed by atoms with E-state index in [0.29, 0.717) is 5.57 Å². The summed E-state index contributed by atoms with van der Waals surface area (Å²) in [5.41, 5.74) is -0.934. The van der Waals surface area contributed by atoms with Crippen molar-refractivity contribution >= 4 is 17.3 Å². The maximum Gasteiger partial charge on any atom is 0.343 e. The van der Waals surface area contributed by atoms with Crippen molar-refractivity contribution in [3.05, 3.63) is 41.2 Å². The van der Waals surface area contributed by atoms with Gasteiger partial charge in [0.15, 0.2) is 11.4 Å². The van der Waals surface area contributed by atoms with Crippen LogP contribution in [0.4, 0.5) is 0 Å². The Kier molecular flexibility index (Phi) is 2.23. The molecule has 20 heavy (non-hydrogen) atoms. The summed E-state index contributed by atoms with van der Waals surface area (Å²) in [5.74, 6) is -2.62. The maximum atomic E-state index is 12.0. The van der Waals surface area contributed by atoms with Gasteiger partial charge in [-0.05, 0) is 19.1 Å². The standard InChI is InChI=1S/C14H10O6/c1-14-5-11(18)9(16)4-8(14)7-2-6(15)3-10(17)12(7)13(19)20-14/h2-5,15,17-18H,1H3/t14-/m0/s1. The lowest BCUT2D eigenvalue weighted by atomic mass is 9.80. The minimum atomic E-state index is -1.32. The Morgan fingerprint density at radius 3 is 2.55 bits per heavy atom. The van der Waals surface area contributed by atoms with E-state index in [1.807, 2.05) is 0 Å². The molecule has 0 fully saturated rings. The number of hydrogen-bond donors (Lipinski definition) is 3. The zero-order chi connectivity index (χ0) is 14.7. The molecular weight excluding hydrogens is 264 g/mol. The van der Waals surface area contributed by atoms with Gasteiger partial charge in [-0.15, -0.1) is 0 Å². The van der Waals surface area contributed by atoms with Crippen LogP contribution in [0, 0.1) is 0 Å². The lowest BCUT2D eigenvalue weighted by Crippen LogP contribution is -2.39. The Morgan fingerprint density at radius 1 is 1.15 bits per heavy atom. The van der Waals surface area contributed by atoms with Gasteiger partial charge >= 0.3 is 5.97 Å². The van der Waals surface area contributed by atoms with E-state index in [2.05, 4.69) is 0 Å². The summed E-state index contributed by atoms with van der Waals surface area (Å²) < 4.78 is 5.21. The van der Waals surface area contributed by atoms with Crippen LogP contribution in [0.1, 0.15) is 22.8 Å². The van der Waals surface area contributed by atoms with Crippen molar-refractivity contribution in [2.45, 2.75) is 12.5 Å². The first-order chi connectivity index (χ1) is 9.32. The summed E-state index contributed by atoms with van der Waals surface area (Å²) in [5, 5.41) is 28.8. The van der Waals surface area contributed by atoms with E-state index in [1.165, 1.54) is 13.0 Å². The molecule has 0 spiro atoms. The number of hydrogen-bond acceptors (Lipinski definition) is 6. The molecular formula is C14H10O6. The van der Waals surface area contributed by atoms with Crippen molar-refractivity contribution in [3.8, 4) is 11.5 Å². The van der Waals surface area contributed by atoms with Gasteiger partial charge in [0, 0.05) is 23.3 Å². The number of phenolic OH excluding ortho intramolecular Hbond substituents is 2. The Hall–Kier alpha value is -2.76. The van der Waals surface area contributed by atoms with Crippen molar-refractivity contribution < 1.29 is 29.6 Å². The zero-order valence-electron chi connectivity index (χ0n) is 10.4. The Labute approximate surface area is 113 Å². The van der Waals surface area contributed by atoms with Crippen molar-refractivity contribution in [1.82, 2.24) is 0 Å². The average molecular weight is 274 g/mol. The summed E-state index contributed by atoms with van der Waals surface area (Å²) in [6, 6.07) is 2.28. The predicted molar refractivity (Wildman–Crippen MR) is 67.3 cm³/mol. The normalized spacial score (nSPS) is 24.2. The fraction of sp³-hybridized carbons (Fsp3) is 0.143. The van der Waals surface area contributed by atoms with Crippen molar-refractivity contribution in [2.75, 3.05) is 0 Å². The molecule has 0 aromatic heterocycles. The summed E-state index contributed by atoms with van der Waals surface area (Å²) in [7, 11) is 0. The third kappa shape index (κ3) is 1.51. The highest BCUT2D eigenvalue weighted by Gasteiger charge is 2.44. The number of ether oxygens (including phenoxy) is 1. The molecule has 6 heteroatoms. The van der Waals surface area contributed by atoms with Gasteiger partial charge < -0.3 is 20.1 Å². The fourth-order valence-electron chi connectivity index (χ4n) is 2.47. The van der Waals surface area contributed by atoms with Gasteiger partial charge in [0.1, 0.15) is 17.1 Å². The van der Waals surface area contributed by atoms with E-state index in [1.54, 1.807) is 0 Å². The summed E-state index contributed by atoms with van der Waals surface area (Å²) in [4.78, 5) is 23.6. The number of aliphatic hydroxyl groups excluding tert-OH is 1. The second kappa shape index (κ2) is 3.63. The molecule has 1 atom stereocenters. The molecule has 1 aromatic rings. The van der Waals surface area contributed by atoms with Crippen LogP contribution in [0.15, 0.2) is 30.0 Å². The number of ketones is 1. The number of aliphatic hydroxyl groups is 1. The first-order valence-corrected chi connectivity index (χ1v) is 5.80. The van der Waals surface area contributed by atoms with Gasteiger partial charge in [-0.1, -0.05) is 0 Å². The molecule has 0 bridgehead atoms. The Morgan fingerprint density at radius 2 is 1.85 bits per heavy atom. The molecule has 0 radical (unpaired) electrons. The number of rotatable bonds is 0. The van der Waals surface area contributed by atoms with Gasteiger partial charge in [-0.25, -0.2) is 4.79 Å². The molecule has 0 amide bonds. The van der Waals surface area contributed by atoms with E-state index in [9.17, 15) is 24.9 Å². The second-order valence-electron chi connectivity index (χ2n) is 4.84. The first-order valence-electron chi connectivity index (χ1n) is 5.80. The number of fused-ring (bicyclic) bond motifs is 3. The van der Waals surface area contributed by atoms with Crippen LogP contribution < -0.4 is 0 Å². The first kappa shape index (κ1) is 12.3. The molecule has 1 heterocycles. The third-order valence-electron chi connectivity index (χ3n) is 3.38. The molecule has 2 aliphatic rings. The molecule has 6 nitrogen and oxygen atoms in total. The van der Waals surface area contributed by atoms with E-state index < -0.39 is 28.9 Å². The fourth-order valence-corrected chi connectivity index (χ4v) is 2.47. The average Bonchev–Trinajstić information content (AvgIpc) is 2.31. The van der Waals surface area contributed by atoms with E-state index in [0.717, 1.165) is 18.2 Å². The highest BCUT2D eigenvalue weighted by atomic mass is 16.6. The number of allylic oxidation sites excluding steroid dienone is 1. The number of esters is 1. The minimum absolute atomic E-state index is 0.117. The van der Waals surface area contributed by atoms with Gasteiger partial charge in [-0.2, -0.15) is 0 Å². The van der Waals surface area contributed by atoms with Crippen LogP contribution in [0.5, 0.6) is 11.5 Å². The van der Waals surface area contributed by atoms with Gasteiger partial charge in [0.2, 0.25) is 5.78 Å². The van der Waals surface area contributed by atoms with Crippen LogP contribution in [0.2, 0.25) is 0 Å². The number of carbonyl (C=O) groups is 2. The van der Waals surface area contributed by atoms with E-state index in [-0.39, 0.29) is 16.9 Å². The maximum absolute atomic E-state index is 12.0. The SMILES string of the molecule is C[C@]12C=C(O)C(=O)C=C1c1cc(O)cc(O)c1C(=O)O2. The lowest BCUT2D eigenvalue weighted by Gasteiger charge is -2.36. The zero-order valence-corrected chi connectivity index (χ0v) is 10.4. The van der Waals surface area contributed by atoms with Crippen LogP contribution >= 0.6 is 0 Å². The van der Waals surface area contributed by atoms with E-state index in [4.69, 9.17) is 4.74 Å². The topological polar surface area (TPSA) is 104 Å². The predicted octanol–water partition coefficient (Wildman–Crippen LogP) is 1.43. The molecule has 0 unspecified atom stereocenters. The number of benzene rings is 1. The molecule has 1 aromatic carbocycles. The van der Waals surface area contributed by atoms with Gasteiger partial charge in [-0.3, -0.25) is 4.79 Å². The van der Waals surface area contributed by atoms with Crippen LogP contribution in [0.3, 0.4) is 0 Å². The number of phenols is 2. The quantitative estimate of drug-likeness (QED) is 0.618. The van der Waals surface area contributed by atoms with Gasteiger partial charge in [0.25, 0.3) is 0 Å². The molecule has 3 N–H and O–H groups in total. The van der Waals surface area contributed by atoms with Crippen molar-refractivity contribution in [3.63, 3.8) is 0 Å². The number of aromatic hydroxyl groups is 2. The van der Waals surface area contributed by atoms with Crippen LogP contribution in [-0.4, -0.2) is 32.7 Å². The second-order valence-corrected chi connectivity index (χ2v) is 4.84. The number of carbonyl (C=O) groups excluding carboxylic acids is 2. The Balaban J connectivity index is 2.33. The third-order valence-corrected chi connectivity index (χ3v) is 3.38. The summed E-state index contributed by atoms with van der Waals surface area (Å²) >= 11 is 0. The van der Waals surface area contributed by atoms with Crippen LogP contribution in [0.25, 0.3) is 5.57 Å². The monoisotopic (exact) mass is 274 g/mol. The lowest BCUT2D eigenvalue weighted by molar-refractivity contribution is -0.114. The van der Waals surface area contributed by atoms with Gasteiger partial charge in [0.05, 0.1) is 0 Å². The molecule has 0 saturated carbocycles. The largest absolute Gasteiger partial charge is 0.508 e. The molecule has 1 aliphatic heterocycles. The smallest absolute Gasteiger partial charge is 0.343 e. The highest BCUT2D eigenvalue weighted by molar-refractivity contribution is 6.14. The van der Waals surface area contributed by atoms with Crippen LogP contribution in [-0.2, 0) is 9.53 Å². The minimum Gasteiger partial charge on any atom is -0.508 e. The summed E-state index contributed by atoms with van der Waals surface area (Å²) in [6.45, 7) is 1.50.